The number of hydrogen-bond donors (Lipinski definition) is 3. The molecule has 30 heavy (non-hydrogen) atoms. The molecule has 152 valence electrons. The van der Waals surface area contributed by atoms with Crippen molar-refractivity contribution in [3.8, 4) is 0 Å². The first-order valence-corrected chi connectivity index (χ1v) is 10.3. The van der Waals surface area contributed by atoms with Crippen molar-refractivity contribution in [1.29, 1.82) is 0 Å². The first kappa shape index (κ1) is 18.6. The van der Waals surface area contributed by atoms with Crippen molar-refractivity contribution in [1.82, 2.24) is 9.97 Å². The van der Waals surface area contributed by atoms with Crippen LogP contribution in [0.25, 0.3) is 22.1 Å². The van der Waals surface area contributed by atoms with Crippen LogP contribution in [0.3, 0.4) is 0 Å². The van der Waals surface area contributed by atoms with E-state index in [-0.39, 0.29) is 23.0 Å². The van der Waals surface area contributed by atoms with Crippen molar-refractivity contribution in [2.45, 2.75) is 19.4 Å². The lowest BCUT2D eigenvalue weighted by Gasteiger charge is -2.28. The van der Waals surface area contributed by atoms with Crippen LogP contribution < -0.4 is 15.8 Å². The van der Waals surface area contributed by atoms with E-state index in [1.165, 1.54) is 4.90 Å². The summed E-state index contributed by atoms with van der Waals surface area (Å²) in [6, 6.07) is 17.1. The Bertz CT molecular complexity index is 1250. The molecule has 0 aliphatic carbocycles. The van der Waals surface area contributed by atoms with Crippen LogP contribution in [-0.2, 0) is 11.3 Å². The fraction of sp³-hybridized carbons (Fsp3) is 0.261. The molecule has 0 saturated carbocycles. The highest BCUT2D eigenvalue weighted by atomic mass is 16.3. The zero-order chi connectivity index (χ0) is 20.5. The molecule has 1 fully saturated rings. The Hall–Kier alpha value is -3.45. The normalized spacial score (nSPS) is 19.2. The molecular weight excluding hydrogens is 380 g/mol. The molecule has 0 unspecified atom stereocenters. The molecule has 4 aromatic rings. The van der Waals surface area contributed by atoms with Crippen molar-refractivity contribution in [2.75, 3.05) is 18.4 Å². The van der Waals surface area contributed by atoms with Gasteiger partial charge in [-0.1, -0.05) is 30.3 Å². The summed E-state index contributed by atoms with van der Waals surface area (Å²) in [5.74, 6) is 0.751. The van der Waals surface area contributed by atoms with Crippen LogP contribution in [0.15, 0.2) is 63.8 Å². The van der Waals surface area contributed by atoms with Gasteiger partial charge in [-0.25, -0.2) is 4.98 Å². The second kappa shape index (κ2) is 7.76. The fourth-order valence-corrected chi connectivity index (χ4v) is 4.20. The van der Waals surface area contributed by atoms with Crippen LogP contribution in [0.1, 0.15) is 18.7 Å². The van der Waals surface area contributed by atoms with Crippen molar-refractivity contribution < 1.29 is 14.1 Å². The minimum Gasteiger partial charge on any atom is -0.449 e. The zero-order valence-corrected chi connectivity index (χ0v) is 16.5. The van der Waals surface area contributed by atoms with Crippen LogP contribution in [-0.4, -0.2) is 29.0 Å². The fourth-order valence-electron chi connectivity index (χ4n) is 4.20. The van der Waals surface area contributed by atoms with Crippen LogP contribution >= 0.6 is 0 Å². The smallest absolute Gasteiger partial charge is 0.294 e. The second-order valence-corrected chi connectivity index (χ2v) is 7.84. The van der Waals surface area contributed by atoms with Gasteiger partial charge in [0.1, 0.15) is 17.6 Å². The zero-order valence-electron chi connectivity index (χ0n) is 16.5. The number of furan rings is 1. The minimum atomic E-state index is -0.247. The predicted octanol–water partition coefficient (Wildman–Crippen LogP) is 2.10. The van der Waals surface area contributed by atoms with Gasteiger partial charge < -0.3 is 19.6 Å². The summed E-state index contributed by atoms with van der Waals surface area (Å²) in [5.41, 5.74) is 2.13. The van der Waals surface area contributed by atoms with E-state index in [0.717, 1.165) is 37.0 Å². The molecule has 1 saturated heterocycles. The number of amides is 1. The van der Waals surface area contributed by atoms with E-state index >= 15 is 0 Å². The number of piperidine rings is 1. The van der Waals surface area contributed by atoms with Gasteiger partial charge in [0.15, 0.2) is 5.82 Å². The molecule has 1 aliphatic rings. The number of benzene rings is 2. The Morgan fingerprint density at radius 2 is 1.83 bits per heavy atom. The number of nitrogens with zero attached hydrogens (tertiary/aromatic N) is 1. The van der Waals surface area contributed by atoms with Crippen molar-refractivity contribution in [3.63, 3.8) is 0 Å². The van der Waals surface area contributed by atoms with Crippen molar-refractivity contribution >= 4 is 33.7 Å². The number of nitrogens with one attached hydrogen (secondary N) is 3. The van der Waals surface area contributed by atoms with Gasteiger partial charge in [-0.05, 0) is 24.3 Å². The Labute approximate surface area is 172 Å². The summed E-state index contributed by atoms with van der Waals surface area (Å²) in [6.07, 6.45) is 1.63. The molecular formula is C23H23N4O3+. The lowest BCUT2D eigenvalue weighted by Crippen LogP contribution is -3.12. The number of aromatic nitrogens is 2. The number of H-pyrrole nitrogens is 1. The van der Waals surface area contributed by atoms with Gasteiger partial charge in [0.05, 0.1) is 13.1 Å². The number of quaternary nitrogens is 1. The first-order valence-electron chi connectivity index (χ1n) is 10.3. The average Bonchev–Trinajstić information content (AvgIpc) is 3.14. The third-order valence-electron chi connectivity index (χ3n) is 5.80. The lowest BCUT2D eigenvalue weighted by atomic mass is 9.96. The third-order valence-corrected chi connectivity index (χ3v) is 5.80. The summed E-state index contributed by atoms with van der Waals surface area (Å²) < 4.78 is 5.66. The number of hydrogen-bond acceptors (Lipinski definition) is 4. The highest BCUT2D eigenvalue weighted by Crippen LogP contribution is 2.24. The molecule has 1 amide bonds. The Morgan fingerprint density at radius 3 is 2.63 bits per heavy atom. The van der Waals surface area contributed by atoms with E-state index in [1.54, 1.807) is 0 Å². The molecule has 7 nitrogen and oxygen atoms in total. The minimum absolute atomic E-state index is 0.0151. The largest absolute Gasteiger partial charge is 0.449 e. The maximum absolute atomic E-state index is 12.5. The Morgan fingerprint density at radius 1 is 1.10 bits per heavy atom. The highest BCUT2D eigenvalue weighted by Gasteiger charge is 2.28. The SMILES string of the molecule is O=C(Nc1ccccc1)C1CC[NH+](Cc2nc3c(oc4ccccc43)c(=O)[nH]2)CC1. The molecule has 1 aliphatic heterocycles. The van der Waals surface area contributed by atoms with Crippen molar-refractivity contribution in [2.24, 2.45) is 5.92 Å². The number of aromatic amines is 1. The molecule has 3 heterocycles. The summed E-state index contributed by atoms with van der Waals surface area (Å²) in [6.45, 7) is 2.35. The molecule has 2 aromatic carbocycles. The monoisotopic (exact) mass is 403 g/mol. The van der Waals surface area contributed by atoms with Gasteiger partial charge in [0.2, 0.25) is 11.5 Å². The topological polar surface area (TPSA) is 92.4 Å². The maximum atomic E-state index is 12.5. The van der Waals surface area contributed by atoms with E-state index in [0.29, 0.717) is 23.5 Å². The number of carbonyl (C=O) groups is 1. The summed E-state index contributed by atoms with van der Waals surface area (Å²) >= 11 is 0. The summed E-state index contributed by atoms with van der Waals surface area (Å²) in [4.78, 5) is 33.9. The van der Waals surface area contributed by atoms with Gasteiger partial charge in [-0.2, -0.15) is 0 Å². The number of para-hydroxylation sites is 2. The third kappa shape index (κ3) is 3.59. The molecule has 0 radical (unpaired) electrons. The first-order chi connectivity index (χ1) is 14.7. The van der Waals surface area contributed by atoms with Crippen LogP contribution in [0.5, 0.6) is 0 Å². The number of fused-ring (bicyclic) bond motifs is 3. The highest BCUT2D eigenvalue weighted by molar-refractivity contribution is 6.01. The standard InChI is InChI=1S/C23H22N4O3/c28-22(24-16-6-2-1-3-7-16)15-10-12-27(13-11-15)14-19-25-20-17-8-4-5-9-18(17)30-21(20)23(29)26-19/h1-9,15H,10-14H2,(H,24,28)(H,25,26,29)/p+1. The maximum Gasteiger partial charge on any atom is 0.294 e. The van der Waals surface area contributed by atoms with Gasteiger partial charge >= 0.3 is 0 Å². The van der Waals surface area contributed by atoms with Crippen LogP contribution in [0.2, 0.25) is 0 Å². The quantitative estimate of drug-likeness (QED) is 0.487. The molecule has 7 heteroatoms. The van der Waals surface area contributed by atoms with Gasteiger partial charge in [-0.15, -0.1) is 0 Å². The Kier molecular flexibility index (Phi) is 4.80. The molecule has 0 bridgehead atoms. The van der Waals surface area contributed by atoms with E-state index in [9.17, 15) is 9.59 Å². The molecule has 2 aromatic heterocycles. The van der Waals surface area contributed by atoms with Crippen LogP contribution in [0.4, 0.5) is 5.69 Å². The van der Waals surface area contributed by atoms with Crippen LogP contribution in [0, 0.1) is 5.92 Å². The van der Waals surface area contributed by atoms with Gasteiger partial charge in [0, 0.05) is 29.8 Å². The van der Waals surface area contributed by atoms with Gasteiger partial charge in [0.25, 0.3) is 5.56 Å². The predicted molar refractivity (Wildman–Crippen MR) is 114 cm³/mol. The average molecular weight is 403 g/mol. The second-order valence-electron chi connectivity index (χ2n) is 7.84. The lowest BCUT2D eigenvalue weighted by molar-refractivity contribution is -0.920. The van der Waals surface area contributed by atoms with E-state index in [1.807, 2.05) is 54.6 Å². The number of anilines is 1. The van der Waals surface area contributed by atoms with E-state index in [4.69, 9.17) is 4.42 Å². The Balaban J connectivity index is 1.26. The molecule has 3 N–H and O–H groups in total. The number of rotatable bonds is 4. The molecule has 0 atom stereocenters. The molecule has 5 rings (SSSR count). The summed E-state index contributed by atoms with van der Waals surface area (Å²) in [5, 5.41) is 3.85. The van der Waals surface area contributed by atoms with Crippen molar-refractivity contribution in [3.05, 3.63) is 70.8 Å². The van der Waals surface area contributed by atoms with E-state index in [2.05, 4.69) is 15.3 Å². The number of likely N-dealkylation sites (tertiary alicyclic amines) is 1. The number of carbonyl (C=O) groups excluding carboxylic acids is 1. The van der Waals surface area contributed by atoms with Gasteiger partial charge in [-0.3, -0.25) is 9.59 Å². The van der Waals surface area contributed by atoms with E-state index < -0.39 is 0 Å². The summed E-state index contributed by atoms with van der Waals surface area (Å²) in [7, 11) is 0. The molecule has 0 spiro atoms.